The van der Waals surface area contributed by atoms with E-state index < -0.39 is 9.84 Å². The van der Waals surface area contributed by atoms with Crippen molar-refractivity contribution >= 4 is 25.8 Å². The molecule has 0 spiro atoms. The van der Waals surface area contributed by atoms with Gasteiger partial charge in [-0.1, -0.05) is 42.6 Å². The number of alkyl halides is 1. The largest absolute Gasteiger partial charge is 0.229 e. The molecule has 4 heteroatoms. The molecule has 0 N–H and O–H groups in total. The maximum atomic E-state index is 12.0. The third-order valence-corrected chi connectivity index (χ3v) is 6.58. The van der Waals surface area contributed by atoms with Crippen molar-refractivity contribution in [3.05, 3.63) is 0 Å². The lowest BCUT2D eigenvalue weighted by molar-refractivity contribution is 0.393. The van der Waals surface area contributed by atoms with Gasteiger partial charge in [0.25, 0.3) is 0 Å². The number of sulfone groups is 1. The molecule has 0 bridgehead atoms. The highest BCUT2D eigenvalue weighted by Gasteiger charge is 2.36. The molecule has 1 aliphatic carbocycles. The third kappa shape index (κ3) is 4.36. The van der Waals surface area contributed by atoms with E-state index in [0.717, 1.165) is 24.6 Å². The molecule has 1 saturated carbocycles. The summed E-state index contributed by atoms with van der Waals surface area (Å²) < 4.78 is 24.1. The van der Waals surface area contributed by atoms with Crippen LogP contribution in [0.15, 0.2) is 0 Å². The molecule has 0 unspecified atom stereocenters. The lowest BCUT2D eigenvalue weighted by Crippen LogP contribution is -2.30. The van der Waals surface area contributed by atoms with Crippen LogP contribution in [0.1, 0.15) is 46.0 Å². The summed E-state index contributed by atoms with van der Waals surface area (Å²) >= 11 is 3.50. The van der Waals surface area contributed by atoms with Crippen molar-refractivity contribution in [2.75, 3.05) is 16.8 Å². The first-order valence-corrected chi connectivity index (χ1v) is 9.10. The van der Waals surface area contributed by atoms with Crippen molar-refractivity contribution < 1.29 is 8.42 Å². The molecule has 1 fully saturated rings. The molecule has 0 aromatic heterocycles. The molecule has 0 aromatic carbocycles. The zero-order chi connectivity index (χ0) is 12.2. The molecule has 2 nitrogen and oxygen atoms in total. The predicted octanol–water partition coefficient (Wildman–Crippen LogP) is 3.40. The number of hydrogen-bond acceptors (Lipinski definition) is 2. The Morgan fingerprint density at radius 3 is 2.25 bits per heavy atom. The van der Waals surface area contributed by atoms with E-state index in [1.807, 2.05) is 0 Å². The van der Waals surface area contributed by atoms with Gasteiger partial charge in [-0.2, -0.15) is 0 Å². The van der Waals surface area contributed by atoms with Crippen LogP contribution < -0.4 is 0 Å². The quantitative estimate of drug-likeness (QED) is 0.705. The highest BCUT2D eigenvalue weighted by atomic mass is 79.9. The average molecular weight is 311 g/mol. The average Bonchev–Trinajstić information content (AvgIpc) is 2.64. The first-order valence-electron chi connectivity index (χ1n) is 6.16. The molecular formula is C12H23BrO2S. The fraction of sp³-hybridized carbons (Fsp3) is 1.00. The molecule has 0 amide bonds. The van der Waals surface area contributed by atoms with Gasteiger partial charge < -0.3 is 0 Å². The molecule has 0 aliphatic heterocycles. The monoisotopic (exact) mass is 310 g/mol. The minimum Gasteiger partial charge on any atom is -0.229 e. The molecule has 0 radical (unpaired) electrons. The van der Waals surface area contributed by atoms with E-state index in [1.165, 1.54) is 12.8 Å². The van der Waals surface area contributed by atoms with Crippen LogP contribution in [0.5, 0.6) is 0 Å². The molecule has 16 heavy (non-hydrogen) atoms. The first-order chi connectivity index (χ1) is 7.39. The molecule has 96 valence electrons. The van der Waals surface area contributed by atoms with E-state index in [-0.39, 0.29) is 5.41 Å². The molecular weight excluding hydrogens is 288 g/mol. The fourth-order valence-electron chi connectivity index (χ4n) is 2.40. The van der Waals surface area contributed by atoms with E-state index in [0.29, 0.717) is 17.4 Å². The van der Waals surface area contributed by atoms with Crippen LogP contribution in [-0.4, -0.2) is 25.3 Å². The van der Waals surface area contributed by atoms with Gasteiger partial charge >= 0.3 is 0 Å². The normalized spacial score (nSPS) is 20.5. The lowest BCUT2D eigenvalue weighted by Gasteiger charge is -2.26. The highest BCUT2D eigenvalue weighted by Crippen LogP contribution is 2.40. The Morgan fingerprint density at radius 2 is 1.81 bits per heavy atom. The SMILES string of the molecule is CC(C)CCS(=O)(=O)CC1(CBr)CCCC1. The summed E-state index contributed by atoms with van der Waals surface area (Å²) in [4.78, 5) is 0. The summed E-state index contributed by atoms with van der Waals surface area (Å²) in [6, 6.07) is 0. The van der Waals surface area contributed by atoms with Crippen LogP contribution >= 0.6 is 15.9 Å². The van der Waals surface area contributed by atoms with Crippen LogP contribution in [0, 0.1) is 11.3 Å². The predicted molar refractivity (Wildman–Crippen MR) is 72.8 cm³/mol. The lowest BCUT2D eigenvalue weighted by atomic mass is 9.92. The highest BCUT2D eigenvalue weighted by molar-refractivity contribution is 9.09. The van der Waals surface area contributed by atoms with E-state index in [2.05, 4.69) is 29.8 Å². The van der Waals surface area contributed by atoms with Gasteiger partial charge in [0.2, 0.25) is 0 Å². The van der Waals surface area contributed by atoms with Crippen molar-refractivity contribution in [3.63, 3.8) is 0 Å². The molecule has 0 aromatic rings. The number of halogens is 1. The Labute approximate surface area is 108 Å². The zero-order valence-corrected chi connectivity index (χ0v) is 12.7. The number of hydrogen-bond donors (Lipinski definition) is 0. The first kappa shape index (κ1) is 14.5. The van der Waals surface area contributed by atoms with E-state index in [9.17, 15) is 8.42 Å². The van der Waals surface area contributed by atoms with Gasteiger partial charge in [0, 0.05) is 5.33 Å². The fourth-order valence-corrected chi connectivity index (χ4v) is 5.72. The minimum absolute atomic E-state index is 0.0375. The van der Waals surface area contributed by atoms with E-state index in [1.54, 1.807) is 0 Å². The second kappa shape index (κ2) is 5.85. The van der Waals surface area contributed by atoms with Crippen LogP contribution in [0.25, 0.3) is 0 Å². The van der Waals surface area contributed by atoms with Crippen molar-refractivity contribution in [1.29, 1.82) is 0 Å². The van der Waals surface area contributed by atoms with Gasteiger partial charge in [0.15, 0.2) is 9.84 Å². The maximum absolute atomic E-state index is 12.0. The Balaban J connectivity index is 2.56. The van der Waals surface area contributed by atoms with Gasteiger partial charge in [0.1, 0.15) is 0 Å². The summed E-state index contributed by atoms with van der Waals surface area (Å²) in [6.45, 7) is 4.15. The van der Waals surface area contributed by atoms with E-state index in [4.69, 9.17) is 0 Å². The molecule has 1 aliphatic rings. The topological polar surface area (TPSA) is 34.1 Å². The van der Waals surface area contributed by atoms with Crippen LogP contribution in [0.4, 0.5) is 0 Å². The van der Waals surface area contributed by atoms with Crippen molar-refractivity contribution in [1.82, 2.24) is 0 Å². The van der Waals surface area contributed by atoms with Crippen LogP contribution in [-0.2, 0) is 9.84 Å². The van der Waals surface area contributed by atoms with Gasteiger partial charge in [-0.3, -0.25) is 0 Å². The Morgan fingerprint density at radius 1 is 1.25 bits per heavy atom. The standard InChI is InChI=1S/C12H23BrO2S/c1-11(2)5-8-16(14,15)10-12(9-13)6-3-4-7-12/h11H,3-10H2,1-2H3. The zero-order valence-electron chi connectivity index (χ0n) is 10.3. The van der Waals surface area contributed by atoms with Gasteiger partial charge in [-0.05, 0) is 30.6 Å². The Hall–Kier alpha value is 0.430. The minimum atomic E-state index is -2.86. The summed E-state index contributed by atoms with van der Waals surface area (Å²) in [5, 5.41) is 0.834. The van der Waals surface area contributed by atoms with Crippen LogP contribution in [0.2, 0.25) is 0 Å². The Kier molecular flexibility index (Phi) is 5.30. The second-order valence-electron chi connectivity index (χ2n) is 5.62. The van der Waals surface area contributed by atoms with Crippen LogP contribution in [0.3, 0.4) is 0 Å². The molecule has 0 saturated heterocycles. The van der Waals surface area contributed by atoms with Crippen molar-refractivity contribution in [2.45, 2.75) is 46.0 Å². The van der Waals surface area contributed by atoms with Gasteiger partial charge in [-0.25, -0.2) is 8.42 Å². The Bertz CT molecular complexity index is 303. The summed E-state index contributed by atoms with van der Waals surface area (Å²) in [7, 11) is -2.86. The van der Waals surface area contributed by atoms with Gasteiger partial charge in [-0.15, -0.1) is 0 Å². The summed E-state index contributed by atoms with van der Waals surface area (Å²) in [5.41, 5.74) is 0.0375. The smallest absolute Gasteiger partial charge is 0.150 e. The molecule has 0 atom stereocenters. The van der Waals surface area contributed by atoms with Crippen molar-refractivity contribution in [2.24, 2.45) is 11.3 Å². The number of rotatable bonds is 6. The third-order valence-electron chi connectivity index (χ3n) is 3.48. The van der Waals surface area contributed by atoms with E-state index >= 15 is 0 Å². The second-order valence-corrected chi connectivity index (χ2v) is 8.36. The van der Waals surface area contributed by atoms with Gasteiger partial charge in [0.05, 0.1) is 11.5 Å². The molecule has 0 heterocycles. The summed E-state index contributed by atoms with van der Waals surface area (Å²) in [6.07, 6.45) is 5.30. The summed E-state index contributed by atoms with van der Waals surface area (Å²) in [5.74, 6) is 1.22. The molecule has 1 rings (SSSR count). The maximum Gasteiger partial charge on any atom is 0.150 e. The van der Waals surface area contributed by atoms with Crippen molar-refractivity contribution in [3.8, 4) is 0 Å².